The molecule has 1 aliphatic rings. The van der Waals surface area contributed by atoms with Crippen molar-refractivity contribution in [2.75, 3.05) is 26.4 Å². The summed E-state index contributed by atoms with van der Waals surface area (Å²) in [5, 5.41) is 0. The molecule has 1 heterocycles. The molecule has 0 N–H and O–H groups in total. The van der Waals surface area contributed by atoms with E-state index in [2.05, 4.69) is 0 Å². The molecule has 3 nitrogen and oxygen atoms in total. The summed E-state index contributed by atoms with van der Waals surface area (Å²) < 4.78 is 5.21. The molecular formula is C10H22O3. The van der Waals surface area contributed by atoms with Crippen molar-refractivity contribution in [1.82, 2.24) is 0 Å². The van der Waals surface area contributed by atoms with Gasteiger partial charge in [0.05, 0.1) is 13.2 Å². The van der Waals surface area contributed by atoms with E-state index in [0.29, 0.717) is 12.5 Å². The molecule has 0 radical (unpaired) electrons. The van der Waals surface area contributed by atoms with E-state index >= 15 is 0 Å². The maximum absolute atomic E-state index is 5.21. The van der Waals surface area contributed by atoms with Crippen LogP contribution in [0.4, 0.5) is 0 Å². The van der Waals surface area contributed by atoms with Crippen LogP contribution in [-0.2, 0) is 14.5 Å². The molecule has 0 aromatic carbocycles. The summed E-state index contributed by atoms with van der Waals surface area (Å²) in [6.45, 7) is 9.02. The summed E-state index contributed by atoms with van der Waals surface area (Å²) in [5.74, 6) is 0.635. The molecule has 1 fully saturated rings. The van der Waals surface area contributed by atoms with Crippen LogP contribution in [0.2, 0.25) is 0 Å². The van der Waals surface area contributed by atoms with Gasteiger partial charge in [-0.1, -0.05) is 13.8 Å². The molecule has 0 atom stereocenters. The fraction of sp³-hybridized carbons (Fsp3) is 1.00. The lowest BCUT2D eigenvalue weighted by Crippen LogP contribution is -2.20. The van der Waals surface area contributed by atoms with Gasteiger partial charge in [-0.15, -0.1) is 0 Å². The molecule has 3 heteroatoms. The van der Waals surface area contributed by atoms with Crippen molar-refractivity contribution in [3.05, 3.63) is 0 Å². The number of rotatable bonds is 4. The minimum absolute atomic E-state index is 0.628. The molecule has 1 aliphatic heterocycles. The zero-order valence-electron chi connectivity index (χ0n) is 9.04. The van der Waals surface area contributed by atoms with Crippen LogP contribution < -0.4 is 0 Å². The number of hydrogen-bond donors (Lipinski definition) is 0. The SMILES string of the molecule is CC.CCOOCC1CCOCC1. The first-order valence-electron chi connectivity index (χ1n) is 5.25. The van der Waals surface area contributed by atoms with Crippen LogP contribution in [-0.4, -0.2) is 26.4 Å². The Kier molecular flexibility index (Phi) is 9.87. The van der Waals surface area contributed by atoms with Gasteiger partial charge in [0.1, 0.15) is 0 Å². The van der Waals surface area contributed by atoms with Gasteiger partial charge in [0.15, 0.2) is 0 Å². The standard InChI is InChI=1S/C8H16O3.C2H6/c1-2-10-11-7-8-3-5-9-6-4-8;1-2/h8H,2-7H2,1H3;1-2H3. The lowest BCUT2D eigenvalue weighted by Gasteiger charge is -2.20. The van der Waals surface area contributed by atoms with Crippen LogP contribution in [0.15, 0.2) is 0 Å². The minimum Gasteiger partial charge on any atom is -0.381 e. The van der Waals surface area contributed by atoms with E-state index in [9.17, 15) is 0 Å². The Labute approximate surface area is 81.3 Å². The zero-order valence-corrected chi connectivity index (χ0v) is 9.04. The fourth-order valence-corrected chi connectivity index (χ4v) is 1.14. The van der Waals surface area contributed by atoms with Crippen LogP contribution in [0.3, 0.4) is 0 Å². The second-order valence-electron chi connectivity index (χ2n) is 2.75. The van der Waals surface area contributed by atoms with E-state index in [1.807, 2.05) is 20.8 Å². The third-order valence-corrected chi connectivity index (χ3v) is 1.85. The van der Waals surface area contributed by atoms with Crippen molar-refractivity contribution < 1.29 is 14.5 Å². The summed E-state index contributed by atoms with van der Waals surface area (Å²) in [5.41, 5.74) is 0. The Morgan fingerprint density at radius 1 is 1.15 bits per heavy atom. The molecule has 0 amide bonds. The van der Waals surface area contributed by atoms with Gasteiger partial charge in [-0.25, -0.2) is 9.78 Å². The molecule has 13 heavy (non-hydrogen) atoms. The first kappa shape index (κ1) is 12.9. The third-order valence-electron chi connectivity index (χ3n) is 1.85. The normalized spacial score (nSPS) is 17.8. The van der Waals surface area contributed by atoms with Crippen molar-refractivity contribution in [2.45, 2.75) is 33.6 Å². The van der Waals surface area contributed by atoms with Crippen LogP contribution >= 0.6 is 0 Å². The van der Waals surface area contributed by atoms with E-state index < -0.39 is 0 Å². The average molecular weight is 190 g/mol. The summed E-state index contributed by atoms with van der Waals surface area (Å²) >= 11 is 0. The molecule has 1 rings (SSSR count). The Bertz CT molecular complexity index is 90.2. The first-order valence-corrected chi connectivity index (χ1v) is 5.25. The molecule has 0 unspecified atom stereocenters. The summed E-state index contributed by atoms with van der Waals surface area (Å²) in [7, 11) is 0. The molecule has 80 valence electrons. The maximum atomic E-state index is 5.21. The monoisotopic (exact) mass is 190 g/mol. The van der Waals surface area contributed by atoms with Crippen molar-refractivity contribution in [3.8, 4) is 0 Å². The quantitative estimate of drug-likeness (QED) is 0.387. The molecule has 0 bridgehead atoms. The molecule has 0 aromatic rings. The van der Waals surface area contributed by atoms with Crippen LogP contribution in [0.5, 0.6) is 0 Å². The highest BCUT2D eigenvalue weighted by atomic mass is 17.2. The second kappa shape index (κ2) is 9.96. The molecule has 1 saturated heterocycles. The highest BCUT2D eigenvalue weighted by Crippen LogP contribution is 2.14. The Morgan fingerprint density at radius 3 is 2.31 bits per heavy atom. The maximum Gasteiger partial charge on any atom is 0.0852 e. The fourth-order valence-electron chi connectivity index (χ4n) is 1.14. The lowest BCUT2D eigenvalue weighted by molar-refractivity contribution is -0.300. The highest BCUT2D eigenvalue weighted by molar-refractivity contribution is 4.61. The molecule has 0 spiro atoms. The Hall–Kier alpha value is -0.120. The van der Waals surface area contributed by atoms with Gasteiger partial charge in [0.2, 0.25) is 0 Å². The number of ether oxygens (including phenoxy) is 1. The van der Waals surface area contributed by atoms with Crippen molar-refractivity contribution in [3.63, 3.8) is 0 Å². The zero-order chi connectivity index (χ0) is 9.94. The second-order valence-corrected chi connectivity index (χ2v) is 2.75. The van der Waals surface area contributed by atoms with Crippen LogP contribution in [0, 0.1) is 5.92 Å². The van der Waals surface area contributed by atoms with Gasteiger partial charge in [0.25, 0.3) is 0 Å². The smallest absolute Gasteiger partial charge is 0.0852 e. The van der Waals surface area contributed by atoms with E-state index in [4.69, 9.17) is 14.5 Å². The first-order chi connectivity index (χ1) is 6.43. The highest BCUT2D eigenvalue weighted by Gasteiger charge is 2.13. The minimum atomic E-state index is 0.628. The topological polar surface area (TPSA) is 27.7 Å². The van der Waals surface area contributed by atoms with Gasteiger partial charge in [-0.3, -0.25) is 0 Å². The summed E-state index contributed by atoms with van der Waals surface area (Å²) in [6.07, 6.45) is 2.21. The van der Waals surface area contributed by atoms with Crippen LogP contribution in [0.1, 0.15) is 33.6 Å². The van der Waals surface area contributed by atoms with Gasteiger partial charge in [-0.2, -0.15) is 0 Å². The van der Waals surface area contributed by atoms with Crippen LogP contribution in [0.25, 0.3) is 0 Å². The predicted octanol–water partition coefficient (Wildman–Crippen LogP) is 2.41. The molecular weight excluding hydrogens is 168 g/mol. The van der Waals surface area contributed by atoms with Crippen molar-refractivity contribution in [2.24, 2.45) is 5.92 Å². The van der Waals surface area contributed by atoms with Crippen molar-refractivity contribution in [1.29, 1.82) is 0 Å². The Balaban J connectivity index is 0.000000671. The molecule has 0 aromatic heterocycles. The largest absolute Gasteiger partial charge is 0.381 e. The molecule has 0 aliphatic carbocycles. The van der Waals surface area contributed by atoms with E-state index in [1.54, 1.807) is 0 Å². The van der Waals surface area contributed by atoms with Gasteiger partial charge >= 0.3 is 0 Å². The summed E-state index contributed by atoms with van der Waals surface area (Å²) in [6, 6.07) is 0. The predicted molar refractivity (Wildman–Crippen MR) is 52.5 cm³/mol. The van der Waals surface area contributed by atoms with Gasteiger partial charge in [-0.05, 0) is 25.7 Å². The van der Waals surface area contributed by atoms with E-state index in [1.165, 1.54) is 0 Å². The third kappa shape index (κ3) is 6.99. The van der Waals surface area contributed by atoms with Gasteiger partial charge < -0.3 is 4.74 Å². The number of hydrogen-bond acceptors (Lipinski definition) is 3. The van der Waals surface area contributed by atoms with E-state index in [-0.39, 0.29) is 0 Å². The Morgan fingerprint density at radius 2 is 1.77 bits per heavy atom. The van der Waals surface area contributed by atoms with Crippen molar-refractivity contribution >= 4 is 0 Å². The van der Waals surface area contributed by atoms with E-state index in [0.717, 1.165) is 32.7 Å². The lowest BCUT2D eigenvalue weighted by atomic mass is 10.0. The average Bonchev–Trinajstić information content (AvgIpc) is 2.23. The van der Waals surface area contributed by atoms with Gasteiger partial charge in [0, 0.05) is 13.2 Å². The molecule has 0 saturated carbocycles. The summed E-state index contributed by atoms with van der Waals surface area (Å²) in [4.78, 5) is 9.76.